The van der Waals surface area contributed by atoms with Crippen LogP contribution in [0.5, 0.6) is 0 Å². The minimum Gasteiger partial charge on any atom is -0.373 e. The highest BCUT2D eigenvalue weighted by Crippen LogP contribution is 2.13. The molecule has 0 fully saturated rings. The molecule has 0 aromatic rings. The zero-order chi connectivity index (χ0) is 17.2. The molecule has 1 unspecified atom stereocenters. The molecule has 0 amide bonds. The van der Waals surface area contributed by atoms with E-state index < -0.39 is 37.8 Å². The second kappa shape index (κ2) is 10.5. The largest absolute Gasteiger partial charge is 0.373 e. The Morgan fingerprint density at radius 2 is 1.32 bits per heavy atom. The molecular formula is C13H28O7S2. The molecular weight excluding hydrogens is 332 g/mol. The van der Waals surface area contributed by atoms with E-state index in [4.69, 9.17) is 13.8 Å². The van der Waals surface area contributed by atoms with Crippen LogP contribution in [-0.2, 0) is 25.0 Å². The summed E-state index contributed by atoms with van der Waals surface area (Å²) in [5, 5.41) is 0. The van der Waals surface area contributed by atoms with E-state index >= 15 is 0 Å². The second-order valence-electron chi connectivity index (χ2n) is 5.62. The van der Waals surface area contributed by atoms with Gasteiger partial charge in [-0.1, -0.05) is 45.4 Å². The summed E-state index contributed by atoms with van der Waals surface area (Å²) in [6.45, 7) is 3.85. The third-order valence-electron chi connectivity index (χ3n) is 3.18. The lowest BCUT2D eigenvalue weighted by atomic mass is 10.1. The SMILES string of the molecule is CCCCCCCCC(C)OC(CS(=O)(=O)O)CS(=O)(=O)O. The topological polar surface area (TPSA) is 118 Å². The van der Waals surface area contributed by atoms with E-state index in [0.717, 1.165) is 19.3 Å². The lowest BCUT2D eigenvalue weighted by Crippen LogP contribution is -2.33. The Morgan fingerprint density at radius 1 is 0.864 bits per heavy atom. The summed E-state index contributed by atoms with van der Waals surface area (Å²) in [5.41, 5.74) is 0. The maximum Gasteiger partial charge on any atom is 0.267 e. The second-order valence-corrected chi connectivity index (χ2v) is 8.62. The van der Waals surface area contributed by atoms with Gasteiger partial charge in [0.15, 0.2) is 0 Å². The van der Waals surface area contributed by atoms with Crippen LogP contribution < -0.4 is 0 Å². The van der Waals surface area contributed by atoms with Crippen molar-refractivity contribution in [2.75, 3.05) is 11.5 Å². The van der Waals surface area contributed by atoms with Crippen molar-refractivity contribution in [1.82, 2.24) is 0 Å². The summed E-state index contributed by atoms with van der Waals surface area (Å²) in [7, 11) is -8.75. The fraction of sp³-hybridized carbons (Fsp3) is 1.00. The zero-order valence-corrected chi connectivity index (χ0v) is 14.9. The summed E-state index contributed by atoms with van der Waals surface area (Å²) < 4.78 is 66.4. The summed E-state index contributed by atoms with van der Waals surface area (Å²) in [6.07, 6.45) is 5.66. The van der Waals surface area contributed by atoms with Crippen molar-refractivity contribution < 1.29 is 30.7 Å². The first-order chi connectivity index (χ1) is 10.0. The number of unbranched alkanes of at least 4 members (excludes halogenated alkanes) is 5. The van der Waals surface area contributed by atoms with Crippen molar-refractivity contribution in [3.63, 3.8) is 0 Å². The van der Waals surface area contributed by atoms with Crippen LogP contribution in [0.25, 0.3) is 0 Å². The highest BCUT2D eigenvalue weighted by atomic mass is 32.2. The Kier molecular flexibility index (Phi) is 10.4. The zero-order valence-electron chi connectivity index (χ0n) is 13.3. The summed E-state index contributed by atoms with van der Waals surface area (Å²) in [6, 6.07) is 0. The van der Waals surface area contributed by atoms with Crippen LogP contribution in [0, 0.1) is 0 Å². The molecule has 0 saturated carbocycles. The molecule has 22 heavy (non-hydrogen) atoms. The molecule has 1 atom stereocenters. The molecule has 0 bridgehead atoms. The average Bonchev–Trinajstić information content (AvgIpc) is 2.29. The van der Waals surface area contributed by atoms with Gasteiger partial charge in [0, 0.05) is 0 Å². The summed E-state index contributed by atoms with van der Waals surface area (Å²) in [4.78, 5) is 0. The quantitative estimate of drug-likeness (QED) is 0.382. The summed E-state index contributed by atoms with van der Waals surface area (Å²) >= 11 is 0. The van der Waals surface area contributed by atoms with Gasteiger partial charge in [0.25, 0.3) is 20.2 Å². The molecule has 7 nitrogen and oxygen atoms in total. The van der Waals surface area contributed by atoms with Crippen LogP contribution in [0.15, 0.2) is 0 Å². The van der Waals surface area contributed by atoms with Gasteiger partial charge < -0.3 is 4.74 Å². The predicted molar refractivity (Wildman–Crippen MR) is 85.2 cm³/mol. The molecule has 9 heteroatoms. The van der Waals surface area contributed by atoms with Gasteiger partial charge in [-0.05, 0) is 13.3 Å². The monoisotopic (exact) mass is 360 g/mol. The molecule has 0 spiro atoms. The van der Waals surface area contributed by atoms with Crippen molar-refractivity contribution >= 4 is 20.2 Å². The lowest BCUT2D eigenvalue weighted by molar-refractivity contribution is 0.0152. The fourth-order valence-corrected chi connectivity index (χ4v) is 3.69. The average molecular weight is 360 g/mol. The van der Waals surface area contributed by atoms with Gasteiger partial charge in [-0.15, -0.1) is 0 Å². The standard InChI is InChI=1S/C13H28O7S2/c1-3-4-5-6-7-8-9-12(2)20-13(10-21(14,15)16)11-22(17,18)19/h12-13H,3-11H2,1-2H3,(H,14,15,16)(H,17,18,19). The molecule has 0 aliphatic carbocycles. The molecule has 0 rings (SSSR count). The minimum absolute atomic E-state index is 0.348. The van der Waals surface area contributed by atoms with Crippen molar-refractivity contribution in [1.29, 1.82) is 0 Å². The third-order valence-corrected chi connectivity index (χ3v) is 4.77. The minimum atomic E-state index is -4.38. The molecule has 0 aliphatic heterocycles. The van der Waals surface area contributed by atoms with E-state index in [1.165, 1.54) is 19.3 Å². The Balaban J connectivity index is 4.23. The molecule has 134 valence electrons. The lowest BCUT2D eigenvalue weighted by Gasteiger charge is -2.20. The van der Waals surface area contributed by atoms with Gasteiger partial charge in [0.2, 0.25) is 0 Å². The Morgan fingerprint density at radius 3 is 1.77 bits per heavy atom. The maximum atomic E-state index is 10.9. The van der Waals surface area contributed by atoms with Crippen molar-refractivity contribution in [2.45, 2.75) is 71.0 Å². The van der Waals surface area contributed by atoms with E-state index in [9.17, 15) is 16.8 Å². The molecule has 0 saturated heterocycles. The van der Waals surface area contributed by atoms with Gasteiger partial charge in [-0.25, -0.2) is 0 Å². The van der Waals surface area contributed by atoms with E-state index in [1.54, 1.807) is 6.92 Å². The molecule has 0 radical (unpaired) electrons. The van der Waals surface area contributed by atoms with Crippen LogP contribution in [0.3, 0.4) is 0 Å². The molecule has 0 aromatic carbocycles. The van der Waals surface area contributed by atoms with Crippen LogP contribution in [0.2, 0.25) is 0 Å². The number of hydrogen-bond donors (Lipinski definition) is 2. The Hall–Kier alpha value is -0.220. The van der Waals surface area contributed by atoms with Crippen LogP contribution in [-0.4, -0.2) is 49.7 Å². The third kappa shape index (κ3) is 14.7. The predicted octanol–water partition coefficient (Wildman–Crippen LogP) is 2.29. The van der Waals surface area contributed by atoms with Gasteiger partial charge in [0.1, 0.15) is 11.5 Å². The van der Waals surface area contributed by atoms with Crippen LogP contribution in [0.1, 0.15) is 58.8 Å². The van der Waals surface area contributed by atoms with Crippen LogP contribution in [0.4, 0.5) is 0 Å². The highest BCUT2D eigenvalue weighted by Gasteiger charge is 2.25. The van der Waals surface area contributed by atoms with Crippen molar-refractivity contribution in [3.8, 4) is 0 Å². The number of hydrogen-bond acceptors (Lipinski definition) is 5. The normalized spacial score (nSPS) is 14.4. The van der Waals surface area contributed by atoms with Gasteiger partial charge in [-0.3, -0.25) is 9.11 Å². The smallest absolute Gasteiger partial charge is 0.267 e. The Bertz CT molecular complexity index is 451. The molecule has 0 heterocycles. The van der Waals surface area contributed by atoms with Gasteiger partial charge in [-0.2, -0.15) is 16.8 Å². The van der Waals surface area contributed by atoms with Crippen molar-refractivity contribution in [2.24, 2.45) is 0 Å². The first-order valence-electron chi connectivity index (χ1n) is 7.59. The van der Waals surface area contributed by atoms with E-state index in [0.29, 0.717) is 6.42 Å². The van der Waals surface area contributed by atoms with Gasteiger partial charge >= 0.3 is 0 Å². The van der Waals surface area contributed by atoms with E-state index in [1.807, 2.05) is 0 Å². The van der Waals surface area contributed by atoms with E-state index in [-0.39, 0.29) is 6.10 Å². The van der Waals surface area contributed by atoms with Gasteiger partial charge in [0.05, 0.1) is 12.2 Å². The first-order valence-corrected chi connectivity index (χ1v) is 10.8. The first kappa shape index (κ1) is 21.8. The highest BCUT2D eigenvalue weighted by molar-refractivity contribution is 7.86. The molecule has 0 aromatic heterocycles. The Labute approximate surface area is 133 Å². The number of rotatable bonds is 13. The fourth-order valence-electron chi connectivity index (χ4n) is 2.21. The molecule has 2 N–H and O–H groups in total. The van der Waals surface area contributed by atoms with Crippen molar-refractivity contribution in [3.05, 3.63) is 0 Å². The summed E-state index contributed by atoms with van der Waals surface area (Å²) in [5.74, 6) is -1.71. The maximum absolute atomic E-state index is 10.9. The number of ether oxygens (including phenoxy) is 1. The van der Waals surface area contributed by atoms with E-state index in [2.05, 4.69) is 6.92 Å². The van der Waals surface area contributed by atoms with Crippen LogP contribution >= 0.6 is 0 Å². The molecule has 0 aliphatic rings.